The molecule has 1 amide bonds. The highest BCUT2D eigenvalue weighted by Crippen LogP contribution is 2.25. The number of fused-ring (bicyclic) bond motifs is 1. The van der Waals surface area contributed by atoms with Gasteiger partial charge in [-0.3, -0.25) is 24.1 Å². The van der Waals surface area contributed by atoms with Gasteiger partial charge in [0.25, 0.3) is 17.2 Å². The second-order valence-corrected chi connectivity index (χ2v) is 8.15. The quantitative estimate of drug-likeness (QED) is 0.317. The van der Waals surface area contributed by atoms with Crippen LogP contribution in [0.25, 0.3) is 5.65 Å². The van der Waals surface area contributed by atoms with Crippen LogP contribution in [0.2, 0.25) is 5.02 Å². The molecule has 1 atom stereocenters. The van der Waals surface area contributed by atoms with Gasteiger partial charge in [0.2, 0.25) is 0 Å². The number of aryl methyl sites for hydroxylation is 1. The fraction of sp³-hybridized carbons (Fsp3) is 0.273. The Bertz CT molecular complexity index is 1300. The highest BCUT2D eigenvalue weighted by atomic mass is 35.5. The Labute approximate surface area is 193 Å². The van der Waals surface area contributed by atoms with Crippen LogP contribution in [0.1, 0.15) is 35.5 Å². The van der Waals surface area contributed by atoms with Gasteiger partial charge in [-0.2, -0.15) is 0 Å². The smallest absolute Gasteiger partial charge is 0.329 e. The lowest BCUT2D eigenvalue weighted by Crippen LogP contribution is -2.45. The highest BCUT2D eigenvalue weighted by molar-refractivity contribution is 6.32. The summed E-state index contributed by atoms with van der Waals surface area (Å²) in [6.07, 6.45) is 1.66. The van der Waals surface area contributed by atoms with E-state index < -0.39 is 28.5 Å². The number of carbonyl (C=O) groups is 2. The van der Waals surface area contributed by atoms with Gasteiger partial charge >= 0.3 is 5.97 Å². The molecule has 2 aromatic heterocycles. The Hall–Kier alpha value is -3.79. The molecule has 0 radical (unpaired) electrons. The molecule has 172 valence electrons. The number of halogens is 1. The molecule has 0 aliphatic rings. The summed E-state index contributed by atoms with van der Waals surface area (Å²) < 4.78 is 6.70. The molecule has 0 saturated heterocycles. The average Bonchev–Trinajstić information content (AvgIpc) is 2.76. The van der Waals surface area contributed by atoms with Gasteiger partial charge in [-0.15, -0.1) is 0 Å². The minimum atomic E-state index is -1.03. The molecule has 10 nitrogen and oxygen atoms in total. The monoisotopic (exact) mass is 472 g/mol. The number of amides is 1. The largest absolute Gasteiger partial charge is 0.458 e. The molecule has 2 heterocycles. The first-order valence-corrected chi connectivity index (χ1v) is 10.3. The van der Waals surface area contributed by atoms with E-state index in [4.69, 9.17) is 16.3 Å². The SMILES string of the molecule is Cc1ccc2nc(COC(=O)C(NC(=O)c3ccc(Cl)c([N+](=O)[O-])c3)C(C)C)cc(=O)n2c1. The highest BCUT2D eigenvalue weighted by Gasteiger charge is 2.27. The number of nitrogens with zero attached hydrogens (tertiary/aromatic N) is 3. The Kier molecular flexibility index (Phi) is 7.07. The Morgan fingerprint density at radius 3 is 2.64 bits per heavy atom. The average molecular weight is 473 g/mol. The van der Waals surface area contributed by atoms with Gasteiger partial charge in [0, 0.05) is 23.9 Å². The van der Waals surface area contributed by atoms with Crippen molar-refractivity contribution in [3.8, 4) is 0 Å². The minimum absolute atomic E-state index is 0.0240. The van der Waals surface area contributed by atoms with Crippen LogP contribution in [0.15, 0.2) is 47.4 Å². The normalized spacial score (nSPS) is 11.9. The first-order valence-electron chi connectivity index (χ1n) is 9.97. The third-order valence-corrected chi connectivity index (χ3v) is 5.15. The maximum absolute atomic E-state index is 12.7. The molecule has 1 aromatic carbocycles. The molecule has 1 N–H and O–H groups in total. The molecule has 11 heteroatoms. The van der Waals surface area contributed by atoms with Gasteiger partial charge in [0.15, 0.2) is 0 Å². The van der Waals surface area contributed by atoms with Crippen molar-refractivity contribution in [2.24, 2.45) is 5.92 Å². The van der Waals surface area contributed by atoms with Crippen molar-refractivity contribution < 1.29 is 19.2 Å². The number of nitrogens with one attached hydrogen (secondary N) is 1. The number of aromatic nitrogens is 2. The van der Waals surface area contributed by atoms with Crippen molar-refractivity contribution in [2.75, 3.05) is 0 Å². The molecule has 3 rings (SSSR count). The lowest BCUT2D eigenvalue weighted by atomic mass is 10.0. The van der Waals surface area contributed by atoms with E-state index in [1.807, 2.05) is 13.0 Å². The second-order valence-electron chi connectivity index (χ2n) is 7.75. The number of esters is 1. The minimum Gasteiger partial charge on any atom is -0.458 e. The number of pyridine rings is 1. The zero-order valence-electron chi connectivity index (χ0n) is 18.1. The van der Waals surface area contributed by atoms with Crippen LogP contribution in [0.3, 0.4) is 0 Å². The molecule has 0 spiro atoms. The van der Waals surface area contributed by atoms with Gasteiger partial charge in [0.1, 0.15) is 23.3 Å². The molecule has 1 unspecified atom stereocenters. The van der Waals surface area contributed by atoms with Crippen LogP contribution >= 0.6 is 11.6 Å². The number of ether oxygens (including phenoxy) is 1. The summed E-state index contributed by atoms with van der Waals surface area (Å²) in [5.74, 6) is -1.77. The van der Waals surface area contributed by atoms with Crippen molar-refractivity contribution >= 4 is 34.8 Å². The maximum Gasteiger partial charge on any atom is 0.329 e. The predicted octanol–water partition coefficient (Wildman–Crippen LogP) is 3.06. The summed E-state index contributed by atoms with van der Waals surface area (Å²) >= 11 is 5.78. The van der Waals surface area contributed by atoms with Gasteiger partial charge in [-0.05, 0) is 36.6 Å². The fourth-order valence-electron chi connectivity index (χ4n) is 3.08. The third kappa shape index (κ3) is 5.53. The number of carbonyl (C=O) groups excluding carboxylic acids is 2. The van der Waals surface area contributed by atoms with E-state index >= 15 is 0 Å². The van der Waals surface area contributed by atoms with E-state index in [1.165, 1.54) is 22.6 Å². The molecule has 0 aliphatic heterocycles. The number of hydrogen-bond acceptors (Lipinski definition) is 7. The van der Waals surface area contributed by atoms with E-state index in [9.17, 15) is 24.5 Å². The third-order valence-electron chi connectivity index (χ3n) is 4.84. The van der Waals surface area contributed by atoms with Crippen molar-refractivity contribution in [2.45, 2.75) is 33.4 Å². The van der Waals surface area contributed by atoms with Gasteiger partial charge < -0.3 is 10.1 Å². The topological polar surface area (TPSA) is 133 Å². The van der Waals surface area contributed by atoms with Crippen LogP contribution in [0.4, 0.5) is 5.69 Å². The molecule has 33 heavy (non-hydrogen) atoms. The summed E-state index contributed by atoms with van der Waals surface area (Å²) in [7, 11) is 0. The Morgan fingerprint density at radius 2 is 1.97 bits per heavy atom. The zero-order chi connectivity index (χ0) is 24.3. The first kappa shape index (κ1) is 23.9. The van der Waals surface area contributed by atoms with Gasteiger partial charge in [-0.1, -0.05) is 31.5 Å². The maximum atomic E-state index is 12.7. The molecule has 0 bridgehead atoms. The Morgan fingerprint density at radius 1 is 1.24 bits per heavy atom. The van der Waals surface area contributed by atoms with Crippen LogP contribution in [0, 0.1) is 23.0 Å². The van der Waals surface area contributed by atoms with Crippen LogP contribution < -0.4 is 10.9 Å². The van der Waals surface area contributed by atoms with Gasteiger partial charge in [-0.25, -0.2) is 9.78 Å². The van der Waals surface area contributed by atoms with Crippen molar-refractivity contribution in [3.63, 3.8) is 0 Å². The fourth-order valence-corrected chi connectivity index (χ4v) is 3.27. The first-order chi connectivity index (χ1) is 15.6. The summed E-state index contributed by atoms with van der Waals surface area (Å²) in [5.41, 5.74) is 0.817. The molecule has 0 fully saturated rings. The molecular formula is C22H21ClN4O6. The predicted molar refractivity (Wildman–Crippen MR) is 120 cm³/mol. The summed E-state index contributed by atoms with van der Waals surface area (Å²) in [4.78, 5) is 52.3. The number of hydrogen-bond donors (Lipinski definition) is 1. The molecular weight excluding hydrogens is 452 g/mol. The molecule has 3 aromatic rings. The van der Waals surface area contributed by atoms with Crippen LogP contribution in [-0.4, -0.2) is 32.2 Å². The summed E-state index contributed by atoms with van der Waals surface area (Å²) in [5, 5.41) is 13.5. The second kappa shape index (κ2) is 9.78. The zero-order valence-corrected chi connectivity index (χ0v) is 18.8. The molecule has 0 aliphatic carbocycles. The van der Waals surface area contributed by atoms with Crippen molar-refractivity contribution in [3.05, 3.63) is 84.9 Å². The van der Waals surface area contributed by atoms with Crippen molar-refractivity contribution in [1.82, 2.24) is 14.7 Å². The van der Waals surface area contributed by atoms with E-state index in [1.54, 1.807) is 26.1 Å². The number of rotatable bonds is 7. The van der Waals surface area contributed by atoms with E-state index in [0.29, 0.717) is 5.65 Å². The lowest BCUT2D eigenvalue weighted by molar-refractivity contribution is -0.384. The molecule has 0 saturated carbocycles. The summed E-state index contributed by atoms with van der Waals surface area (Å²) in [6.45, 7) is 5.01. The van der Waals surface area contributed by atoms with Crippen LogP contribution in [-0.2, 0) is 16.1 Å². The van der Waals surface area contributed by atoms with Gasteiger partial charge in [0.05, 0.1) is 10.6 Å². The Balaban J connectivity index is 1.73. The lowest BCUT2D eigenvalue weighted by Gasteiger charge is -2.21. The van der Waals surface area contributed by atoms with Crippen LogP contribution in [0.5, 0.6) is 0 Å². The number of nitro groups is 1. The number of nitro benzene ring substituents is 1. The van der Waals surface area contributed by atoms with E-state index in [-0.39, 0.29) is 34.4 Å². The number of benzene rings is 1. The standard InChI is InChI=1S/C22H21ClN4O6/c1-12(2)20(25-21(29)14-5-6-16(23)17(8-14)27(31)32)22(30)33-11-15-9-19(28)26-10-13(3)4-7-18(26)24-15/h4-10,12,20H,11H2,1-3H3,(H,25,29). The summed E-state index contributed by atoms with van der Waals surface area (Å²) in [6, 6.07) is 7.33. The van der Waals surface area contributed by atoms with E-state index in [0.717, 1.165) is 11.6 Å². The van der Waals surface area contributed by atoms with Crippen molar-refractivity contribution in [1.29, 1.82) is 0 Å². The van der Waals surface area contributed by atoms with E-state index in [2.05, 4.69) is 10.3 Å².